The smallest absolute Gasteiger partial charge is 0.198 e. The normalized spacial score (nSPS) is 10.8. The highest BCUT2D eigenvalue weighted by Gasteiger charge is 2.14. The van der Waals surface area contributed by atoms with Gasteiger partial charge in [-0.2, -0.15) is 0 Å². The maximum Gasteiger partial charge on any atom is 0.198 e. The van der Waals surface area contributed by atoms with E-state index in [2.05, 4.69) is 9.97 Å². The average Bonchev–Trinajstić information content (AvgIpc) is 2.73. The Morgan fingerprint density at radius 1 is 1.25 bits per heavy atom. The summed E-state index contributed by atoms with van der Waals surface area (Å²) in [6.45, 7) is 1.95. The van der Waals surface area contributed by atoms with Crippen LogP contribution in [0.4, 0.5) is 4.39 Å². The molecular formula is C10H7Cl2FN2O. The van der Waals surface area contributed by atoms with E-state index in [4.69, 9.17) is 27.6 Å². The van der Waals surface area contributed by atoms with Crippen LogP contribution in [0.25, 0.3) is 11.6 Å². The second kappa shape index (κ2) is 4.39. The molecule has 0 unspecified atom stereocenters. The number of hydrogen-bond acceptors (Lipinski definition) is 3. The van der Waals surface area contributed by atoms with Crippen LogP contribution in [-0.4, -0.2) is 9.97 Å². The van der Waals surface area contributed by atoms with Crippen molar-refractivity contribution in [2.75, 3.05) is 0 Å². The first-order valence-electron chi connectivity index (χ1n) is 4.59. The Morgan fingerprint density at radius 3 is 2.38 bits per heavy atom. The monoisotopic (exact) mass is 260 g/mol. The van der Waals surface area contributed by atoms with Gasteiger partial charge < -0.3 is 4.42 Å². The Kier molecular flexibility index (Phi) is 3.12. The van der Waals surface area contributed by atoms with Crippen molar-refractivity contribution < 1.29 is 8.81 Å². The largest absolute Gasteiger partial charge is 0.458 e. The molecule has 84 valence electrons. The molecule has 0 radical (unpaired) electrons. The zero-order valence-corrected chi connectivity index (χ0v) is 9.81. The average molecular weight is 261 g/mol. The molecule has 0 aliphatic rings. The maximum atomic E-state index is 13.1. The number of halogens is 3. The first-order valence-corrected chi connectivity index (χ1v) is 5.35. The van der Waals surface area contributed by atoms with Crippen molar-refractivity contribution in [2.45, 2.75) is 13.3 Å². The zero-order chi connectivity index (χ0) is 11.7. The van der Waals surface area contributed by atoms with E-state index in [1.54, 1.807) is 12.1 Å². The van der Waals surface area contributed by atoms with Crippen LogP contribution < -0.4 is 0 Å². The van der Waals surface area contributed by atoms with Gasteiger partial charge in [-0.1, -0.05) is 30.1 Å². The molecule has 2 rings (SSSR count). The van der Waals surface area contributed by atoms with E-state index in [9.17, 15) is 4.39 Å². The van der Waals surface area contributed by atoms with Gasteiger partial charge in [0.05, 0.1) is 0 Å². The third kappa shape index (κ3) is 2.03. The second-order valence-electron chi connectivity index (χ2n) is 3.06. The predicted molar refractivity (Wildman–Crippen MR) is 59.1 cm³/mol. The van der Waals surface area contributed by atoms with Crippen molar-refractivity contribution in [3.8, 4) is 11.6 Å². The second-order valence-corrected chi connectivity index (χ2v) is 3.78. The molecule has 0 aliphatic heterocycles. The lowest BCUT2D eigenvalue weighted by atomic mass is 10.3. The molecular weight excluding hydrogens is 254 g/mol. The molecule has 0 N–H and O–H groups in total. The van der Waals surface area contributed by atoms with Crippen LogP contribution in [0, 0.1) is 5.82 Å². The van der Waals surface area contributed by atoms with Gasteiger partial charge in [0.15, 0.2) is 27.7 Å². The Hall–Kier alpha value is -1.13. The summed E-state index contributed by atoms with van der Waals surface area (Å²) in [4.78, 5) is 7.51. The van der Waals surface area contributed by atoms with Gasteiger partial charge in [-0.05, 0) is 12.1 Å². The number of nitrogens with zero attached hydrogens (tertiary/aromatic N) is 2. The number of aryl methyl sites for hydroxylation is 1. The fourth-order valence-electron chi connectivity index (χ4n) is 1.19. The third-order valence-corrected chi connectivity index (χ3v) is 2.50. The molecule has 0 saturated carbocycles. The van der Waals surface area contributed by atoms with Crippen LogP contribution in [-0.2, 0) is 6.42 Å². The SMILES string of the molecule is CCc1ccc(-c2nc(Cl)c(F)c(Cl)n2)o1. The summed E-state index contributed by atoms with van der Waals surface area (Å²) in [6, 6.07) is 3.49. The van der Waals surface area contributed by atoms with Gasteiger partial charge in [0.2, 0.25) is 0 Å². The van der Waals surface area contributed by atoms with E-state index in [0.29, 0.717) is 5.76 Å². The Morgan fingerprint density at radius 2 is 1.88 bits per heavy atom. The van der Waals surface area contributed by atoms with Crippen molar-refractivity contribution in [3.63, 3.8) is 0 Å². The first-order chi connectivity index (χ1) is 7.61. The number of hydrogen-bond donors (Lipinski definition) is 0. The predicted octanol–water partition coefficient (Wildman–Crippen LogP) is 3.74. The zero-order valence-electron chi connectivity index (χ0n) is 8.30. The molecule has 2 aromatic rings. The van der Waals surface area contributed by atoms with Crippen LogP contribution in [0.1, 0.15) is 12.7 Å². The molecule has 0 amide bonds. The number of rotatable bonds is 2. The first kappa shape index (κ1) is 11.4. The summed E-state index contributed by atoms with van der Waals surface area (Å²) in [5.41, 5.74) is 0. The highest BCUT2D eigenvalue weighted by atomic mass is 35.5. The van der Waals surface area contributed by atoms with Crippen LogP contribution in [0.15, 0.2) is 16.5 Å². The molecule has 16 heavy (non-hydrogen) atoms. The van der Waals surface area contributed by atoms with Gasteiger partial charge >= 0.3 is 0 Å². The van der Waals surface area contributed by atoms with Gasteiger partial charge in [0.25, 0.3) is 0 Å². The highest BCUT2D eigenvalue weighted by molar-refractivity contribution is 6.33. The lowest BCUT2D eigenvalue weighted by molar-refractivity contribution is 0.524. The van der Waals surface area contributed by atoms with Crippen molar-refractivity contribution in [1.29, 1.82) is 0 Å². The van der Waals surface area contributed by atoms with Crippen LogP contribution in [0.5, 0.6) is 0 Å². The molecule has 0 saturated heterocycles. The summed E-state index contributed by atoms with van der Waals surface area (Å²) in [7, 11) is 0. The summed E-state index contributed by atoms with van der Waals surface area (Å²) in [5, 5.41) is -0.631. The number of furan rings is 1. The molecule has 3 nitrogen and oxygen atoms in total. The van der Waals surface area contributed by atoms with Crippen LogP contribution >= 0.6 is 23.2 Å². The highest BCUT2D eigenvalue weighted by Crippen LogP contribution is 2.25. The number of aromatic nitrogens is 2. The Labute approximate surface area is 101 Å². The molecule has 0 aliphatic carbocycles. The fourth-order valence-corrected chi connectivity index (χ4v) is 1.58. The van der Waals surface area contributed by atoms with Crippen molar-refractivity contribution in [1.82, 2.24) is 9.97 Å². The molecule has 2 heterocycles. The van der Waals surface area contributed by atoms with Crippen molar-refractivity contribution in [3.05, 3.63) is 34.0 Å². The lowest BCUT2D eigenvalue weighted by Gasteiger charge is -1.99. The molecule has 0 bridgehead atoms. The Balaban J connectivity index is 2.48. The molecule has 0 atom stereocenters. The molecule has 0 spiro atoms. The topological polar surface area (TPSA) is 38.9 Å². The van der Waals surface area contributed by atoms with E-state index in [-0.39, 0.29) is 16.1 Å². The quantitative estimate of drug-likeness (QED) is 0.773. The van der Waals surface area contributed by atoms with E-state index in [1.807, 2.05) is 6.92 Å². The summed E-state index contributed by atoms with van der Waals surface area (Å²) >= 11 is 11.1. The summed E-state index contributed by atoms with van der Waals surface area (Å²) in [6.07, 6.45) is 0.753. The molecule has 0 aromatic carbocycles. The van der Waals surface area contributed by atoms with Gasteiger partial charge in [0.1, 0.15) is 5.76 Å². The minimum absolute atomic E-state index is 0.177. The standard InChI is InChI=1S/C10H7Cl2FN2O/c1-2-5-3-4-6(16-5)10-14-8(11)7(13)9(12)15-10/h3-4H,2H2,1H3. The Bertz CT molecular complexity index is 504. The van der Waals surface area contributed by atoms with E-state index < -0.39 is 5.82 Å². The lowest BCUT2D eigenvalue weighted by Crippen LogP contribution is -1.93. The maximum absolute atomic E-state index is 13.1. The van der Waals surface area contributed by atoms with Crippen LogP contribution in [0.2, 0.25) is 10.3 Å². The summed E-state index contributed by atoms with van der Waals surface area (Å²) < 4.78 is 18.5. The van der Waals surface area contributed by atoms with Gasteiger partial charge in [-0.25, -0.2) is 14.4 Å². The minimum atomic E-state index is -0.825. The summed E-state index contributed by atoms with van der Waals surface area (Å²) in [5.74, 6) is 0.557. The molecule has 2 aromatic heterocycles. The molecule has 6 heteroatoms. The fraction of sp³-hybridized carbons (Fsp3) is 0.200. The van der Waals surface area contributed by atoms with Crippen LogP contribution in [0.3, 0.4) is 0 Å². The minimum Gasteiger partial charge on any atom is -0.458 e. The van der Waals surface area contributed by atoms with E-state index >= 15 is 0 Å². The van der Waals surface area contributed by atoms with E-state index in [0.717, 1.165) is 12.2 Å². The third-order valence-electron chi connectivity index (χ3n) is 2.00. The van der Waals surface area contributed by atoms with Gasteiger partial charge in [-0.3, -0.25) is 0 Å². The molecule has 0 fully saturated rings. The van der Waals surface area contributed by atoms with Gasteiger partial charge in [-0.15, -0.1) is 0 Å². The van der Waals surface area contributed by atoms with Gasteiger partial charge in [0, 0.05) is 6.42 Å². The van der Waals surface area contributed by atoms with Crippen molar-refractivity contribution >= 4 is 23.2 Å². The van der Waals surface area contributed by atoms with Crippen molar-refractivity contribution in [2.24, 2.45) is 0 Å². The van der Waals surface area contributed by atoms with E-state index in [1.165, 1.54) is 0 Å².